The van der Waals surface area contributed by atoms with Crippen LogP contribution >= 0.6 is 15.9 Å². The topological polar surface area (TPSA) is 50.4 Å². The van der Waals surface area contributed by atoms with Gasteiger partial charge in [-0.3, -0.25) is 0 Å². The van der Waals surface area contributed by atoms with Gasteiger partial charge in [0.2, 0.25) is 0 Å². The van der Waals surface area contributed by atoms with Crippen molar-refractivity contribution in [3.8, 4) is 5.75 Å². The van der Waals surface area contributed by atoms with Crippen LogP contribution in [0.5, 0.6) is 5.75 Å². The highest BCUT2D eigenvalue weighted by atomic mass is 79.9. The van der Waals surface area contributed by atoms with Crippen LogP contribution in [-0.2, 0) is 0 Å². The van der Waals surface area contributed by atoms with E-state index in [1.54, 1.807) is 18.2 Å². The van der Waals surface area contributed by atoms with Gasteiger partial charge in [-0.05, 0) is 54.4 Å². The SMILES string of the molecule is CC(C)Oc1ccc(NC(=O)NCCC2CC2(F)F)cc1Br. The predicted octanol–water partition coefficient (Wildman–Crippen LogP) is 4.40. The molecule has 0 bridgehead atoms. The summed E-state index contributed by atoms with van der Waals surface area (Å²) in [6.45, 7) is 4.09. The molecule has 1 aliphatic rings. The van der Waals surface area contributed by atoms with Crippen LogP contribution in [0.15, 0.2) is 22.7 Å². The van der Waals surface area contributed by atoms with Crippen LogP contribution in [0.4, 0.5) is 19.3 Å². The lowest BCUT2D eigenvalue weighted by atomic mass is 10.3. The molecule has 1 aliphatic carbocycles. The average molecular weight is 377 g/mol. The van der Waals surface area contributed by atoms with Gasteiger partial charge in [-0.1, -0.05) is 0 Å². The molecule has 1 fully saturated rings. The Morgan fingerprint density at radius 2 is 2.18 bits per heavy atom. The number of ether oxygens (including phenoxy) is 1. The van der Waals surface area contributed by atoms with Gasteiger partial charge in [0.1, 0.15) is 5.75 Å². The lowest BCUT2D eigenvalue weighted by Crippen LogP contribution is -2.30. The van der Waals surface area contributed by atoms with Crippen molar-refractivity contribution < 1.29 is 18.3 Å². The number of urea groups is 1. The fraction of sp³-hybridized carbons (Fsp3) is 0.533. The molecule has 2 amide bonds. The van der Waals surface area contributed by atoms with Crippen LogP contribution < -0.4 is 15.4 Å². The van der Waals surface area contributed by atoms with E-state index in [9.17, 15) is 13.6 Å². The number of rotatable bonds is 6. The molecular formula is C15H19BrF2N2O2. The third-order valence-corrected chi connectivity index (χ3v) is 3.91. The summed E-state index contributed by atoms with van der Waals surface area (Å²) in [6, 6.07) is 4.79. The molecule has 1 saturated carbocycles. The molecule has 122 valence electrons. The van der Waals surface area contributed by atoms with Crippen LogP contribution in [0, 0.1) is 5.92 Å². The van der Waals surface area contributed by atoms with Crippen molar-refractivity contribution in [2.45, 2.75) is 38.7 Å². The van der Waals surface area contributed by atoms with Crippen LogP contribution in [0.1, 0.15) is 26.7 Å². The molecule has 4 nitrogen and oxygen atoms in total. The Balaban J connectivity index is 1.77. The second-order valence-electron chi connectivity index (χ2n) is 5.64. The summed E-state index contributed by atoms with van der Waals surface area (Å²) >= 11 is 3.38. The third-order valence-electron chi connectivity index (χ3n) is 3.29. The molecule has 0 heterocycles. The normalized spacial score (nSPS) is 18.9. The zero-order valence-corrected chi connectivity index (χ0v) is 14.0. The number of benzene rings is 1. The van der Waals surface area contributed by atoms with Crippen LogP contribution in [0.3, 0.4) is 0 Å². The van der Waals surface area contributed by atoms with E-state index in [2.05, 4.69) is 26.6 Å². The van der Waals surface area contributed by atoms with Crippen molar-refractivity contribution in [1.82, 2.24) is 5.32 Å². The zero-order valence-electron chi connectivity index (χ0n) is 12.5. The first kappa shape index (κ1) is 17.0. The minimum Gasteiger partial charge on any atom is -0.490 e. The molecule has 1 aromatic rings. The first-order valence-corrected chi connectivity index (χ1v) is 7.96. The lowest BCUT2D eigenvalue weighted by molar-refractivity contribution is 0.0971. The summed E-state index contributed by atoms with van der Waals surface area (Å²) in [5.74, 6) is -2.43. The third kappa shape index (κ3) is 4.83. The number of halogens is 3. The van der Waals surface area contributed by atoms with E-state index in [0.717, 1.165) is 4.47 Å². The lowest BCUT2D eigenvalue weighted by Gasteiger charge is -2.13. The molecule has 1 unspecified atom stereocenters. The Kier molecular flexibility index (Phi) is 5.26. The summed E-state index contributed by atoms with van der Waals surface area (Å²) in [7, 11) is 0. The maximum atomic E-state index is 12.7. The summed E-state index contributed by atoms with van der Waals surface area (Å²) < 4.78 is 31.7. The fourth-order valence-electron chi connectivity index (χ4n) is 2.05. The molecule has 2 N–H and O–H groups in total. The van der Waals surface area contributed by atoms with Gasteiger partial charge in [0.05, 0.1) is 10.6 Å². The van der Waals surface area contributed by atoms with Crippen LogP contribution in [-0.4, -0.2) is 24.6 Å². The minimum absolute atomic E-state index is 0.0546. The van der Waals surface area contributed by atoms with E-state index in [1.807, 2.05) is 13.8 Å². The van der Waals surface area contributed by atoms with Gasteiger partial charge in [-0.25, -0.2) is 13.6 Å². The highest BCUT2D eigenvalue weighted by Gasteiger charge is 2.55. The number of carbonyl (C=O) groups excluding carboxylic acids is 1. The van der Waals surface area contributed by atoms with E-state index in [-0.39, 0.29) is 19.1 Å². The summed E-state index contributed by atoms with van der Waals surface area (Å²) in [5, 5.41) is 5.23. The van der Waals surface area contributed by atoms with Gasteiger partial charge < -0.3 is 15.4 Å². The molecular weight excluding hydrogens is 358 g/mol. The Morgan fingerprint density at radius 3 is 2.73 bits per heavy atom. The van der Waals surface area contributed by atoms with Gasteiger partial charge in [0.15, 0.2) is 0 Å². The molecule has 2 rings (SSSR count). The molecule has 0 aromatic heterocycles. The zero-order chi connectivity index (χ0) is 16.3. The van der Waals surface area contributed by atoms with E-state index in [1.165, 1.54) is 0 Å². The van der Waals surface area contributed by atoms with Gasteiger partial charge in [0.25, 0.3) is 5.92 Å². The molecule has 0 saturated heterocycles. The van der Waals surface area contributed by atoms with Crippen molar-refractivity contribution in [3.63, 3.8) is 0 Å². The highest BCUT2D eigenvalue weighted by Crippen LogP contribution is 2.50. The second-order valence-corrected chi connectivity index (χ2v) is 6.50. The van der Waals surface area contributed by atoms with Gasteiger partial charge >= 0.3 is 6.03 Å². The smallest absolute Gasteiger partial charge is 0.319 e. The Hall–Kier alpha value is -1.37. The van der Waals surface area contributed by atoms with Gasteiger partial charge in [-0.2, -0.15) is 0 Å². The van der Waals surface area contributed by atoms with E-state index < -0.39 is 17.9 Å². The summed E-state index contributed by atoms with van der Waals surface area (Å²) in [4.78, 5) is 11.7. The average Bonchev–Trinajstić information content (AvgIpc) is 3.00. The first-order chi connectivity index (χ1) is 10.3. The van der Waals surface area contributed by atoms with Crippen molar-refractivity contribution in [2.75, 3.05) is 11.9 Å². The molecule has 0 spiro atoms. The van der Waals surface area contributed by atoms with Crippen molar-refractivity contribution in [1.29, 1.82) is 0 Å². The summed E-state index contributed by atoms with van der Waals surface area (Å²) in [6.07, 6.45) is 0.283. The molecule has 0 aliphatic heterocycles. The number of carbonyl (C=O) groups is 1. The molecule has 0 radical (unpaired) electrons. The number of hydrogen-bond acceptors (Lipinski definition) is 2. The maximum absolute atomic E-state index is 12.7. The maximum Gasteiger partial charge on any atom is 0.319 e. The number of anilines is 1. The minimum atomic E-state index is -2.53. The second kappa shape index (κ2) is 6.81. The van der Waals surface area contributed by atoms with Gasteiger partial charge in [-0.15, -0.1) is 0 Å². The molecule has 1 aromatic carbocycles. The molecule has 1 atom stereocenters. The van der Waals surface area contributed by atoms with E-state index in [4.69, 9.17) is 4.74 Å². The number of hydrogen-bond donors (Lipinski definition) is 2. The standard InChI is InChI=1S/C15H19BrF2N2O2/c1-9(2)22-13-4-3-11(7-12(13)16)20-14(21)19-6-5-10-8-15(10,17)18/h3-4,7,9-10H,5-6,8H2,1-2H3,(H2,19,20,21). The van der Waals surface area contributed by atoms with Crippen LogP contribution in [0.25, 0.3) is 0 Å². The van der Waals surface area contributed by atoms with E-state index >= 15 is 0 Å². The monoisotopic (exact) mass is 376 g/mol. The van der Waals surface area contributed by atoms with E-state index in [0.29, 0.717) is 17.9 Å². The quantitative estimate of drug-likeness (QED) is 0.772. The Bertz CT molecular complexity index is 552. The molecule has 22 heavy (non-hydrogen) atoms. The molecule has 7 heteroatoms. The Morgan fingerprint density at radius 1 is 1.50 bits per heavy atom. The highest BCUT2D eigenvalue weighted by molar-refractivity contribution is 9.10. The van der Waals surface area contributed by atoms with Gasteiger partial charge in [0, 0.05) is 24.6 Å². The number of alkyl halides is 2. The van der Waals surface area contributed by atoms with Crippen LogP contribution in [0.2, 0.25) is 0 Å². The number of nitrogens with one attached hydrogen (secondary N) is 2. The Labute approximate surface area is 136 Å². The van der Waals surface area contributed by atoms with Crippen molar-refractivity contribution in [3.05, 3.63) is 22.7 Å². The predicted molar refractivity (Wildman–Crippen MR) is 84.6 cm³/mol. The largest absolute Gasteiger partial charge is 0.490 e. The summed E-state index contributed by atoms with van der Waals surface area (Å²) in [5.41, 5.74) is 0.595. The fourth-order valence-corrected chi connectivity index (χ4v) is 2.52. The van der Waals surface area contributed by atoms with Crippen molar-refractivity contribution >= 4 is 27.6 Å². The first-order valence-electron chi connectivity index (χ1n) is 7.17. The van der Waals surface area contributed by atoms with Crippen molar-refractivity contribution in [2.24, 2.45) is 5.92 Å². The number of amides is 2.